The third kappa shape index (κ3) is 1.65. The highest BCUT2D eigenvalue weighted by atomic mass is 16.1. The second kappa shape index (κ2) is 4.56. The zero-order valence-corrected chi connectivity index (χ0v) is 10.6. The lowest BCUT2D eigenvalue weighted by molar-refractivity contribution is -0.151. The van der Waals surface area contributed by atoms with Gasteiger partial charge in [-0.25, -0.2) is 5.53 Å². The SMILES string of the molecule is N=NC1CCCC2C(=O)C3CCCCC3C(=O)C12. The molecule has 0 saturated heterocycles. The van der Waals surface area contributed by atoms with Crippen LogP contribution in [0, 0.1) is 29.2 Å². The van der Waals surface area contributed by atoms with Crippen LogP contribution in [0.1, 0.15) is 44.9 Å². The summed E-state index contributed by atoms with van der Waals surface area (Å²) in [4.78, 5) is 25.2. The van der Waals surface area contributed by atoms with Crippen molar-refractivity contribution in [3.05, 3.63) is 0 Å². The Hall–Kier alpha value is -1.06. The molecule has 3 saturated carbocycles. The molecule has 0 radical (unpaired) electrons. The Balaban J connectivity index is 1.93. The van der Waals surface area contributed by atoms with Gasteiger partial charge in [0.05, 0.1) is 12.0 Å². The Morgan fingerprint density at radius 1 is 0.833 bits per heavy atom. The smallest absolute Gasteiger partial charge is 0.142 e. The first-order valence-electron chi connectivity index (χ1n) is 7.18. The van der Waals surface area contributed by atoms with E-state index in [0.717, 1.165) is 44.9 Å². The van der Waals surface area contributed by atoms with E-state index in [4.69, 9.17) is 5.53 Å². The molecule has 4 heteroatoms. The van der Waals surface area contributed by atoms with Crippen LogP contribution in [0.4, 0.5) is 0 Å². The first-order valence-corrected chi connectivity index (χ1v) is 7.18. The molecular weight excluding hydrogens is 228 g/mol. The molecule has 0 aromatic rings. The van der Waals surface area contributed by atoms with Gasteiger partial charge in [-0.3, -0.25) is 9.59 Å². The zero-order valence-electron chi connectivity index (χ0n) is 10.6. The number of fused-ring (bicyclic) bond motifs is 2. The van der Waals surface area contributed by atoms with Crippen LogP contribution < -0.4 is 0 Å². The van der Waals surface area contributed by atoms with Gasteiger partial charge >= 0.3 is 0 Å². The molecule has 0 heterocycles. The highest BCUT2D eigenvalue weighted by Crippen LogP contribution is 2.46. The molecule has 5 unspecified atom stereocenters. The minimum atomic E-state index is -0.261. The van der Waals surface area contributed by atoms with E-state index in [1.807, 2.05) is 0 Å². The number of hydrogen-bond acceptors (Lipinski definition) is 4. The standard InChI is InChI=1S/C14H20N2O2/c15-16-11-7-3-6-10-12(11)14(18)9-5-2-1-4-8(9)13(10)17/h8-12,15H,1-7H2. The van der Waals surface area contributed by atoms with Crippen molar-refractivity contribution in [1.29, 1.82) is 5.53 Å². The van der Waals surface area contributed by atoms with Crippen molar-refractivity contribution in [2.45, 2.75) is 51.0 Å². The first kappa shape index (κ1) is 12.0. The van der Waals surface area contributed by atoms with Gasteiger partial charge in [-0.2, -0.15) is 5.11 Å². The minimum Gasteiger partial charge on any atom is -0.299 e. The maximum Gasteiger partial charge on any atom is 0.142 e. The molecule has 0 aromatic carbocycles. The number of carbonyl (C=O) groups excluding carboxylic acids is 2. The third-order valence-corrected chi connectivity index (χ3v) is 5.22. The second-order valence-electron chi connectivity index (χ2n) is 6.06. The topological polar surface area (TPSA) is 70.3 Å². The van der Waals surface area contributed by atoms with Crippen LogP contribution in [0.25, 0.3) is 0 Å². The van der Waals surface area contributed by atoms with Crippen LogP contribution in [-0.2, 0) is 9.59 Å². The normalized spacial score (nSPS) is 44.1. The average molecular weight is 248 g/mol. The Morgan fingerprint density at radius 3 is 2.11 bits per heavy atom. The van der Waals surface area contributed by atoms with E-state index in [9.17, 15) is 9.59 Å². The summed E-state index contributed by atoms with van der Waals surface area (Å²) in [6.07, 6.45) is 6.52. The van der Waals surface area contributed by atoms with Gasteiger partial charge in [0, 0.05) is 17.8 Å². The molecule has 4 nitrogen and oxygen atoms in total. The molecular formula is C14H20N2O2. The van der Waals surface area contributed by atoms with E-state index >= 15 is 0 Å². The number of ketones is 2. The third-order valence-electron chi connectivity index (χ3n) is 5.22. The van der Waals surface area contributed by atoms with E-state index in [-0.39, 0.29) is 35.5 Å². The van der Waals surface area contributed by atoms with E-state index in [0.29, 0.717) is 5.78 Å². The van der Waals surface area contributed by atoms with E-state index in [2.05, 4.69) is 5.11 Å². The highest BCUT2D eigenvalue weighted by molar-refractivity contribution is 6.00. The average Bonchev–Trinajstić information content (AvgIpc) is 2.44. The fraction of sp³-hybridized carbons (Fsp3) is 0.857. The van der Waals surface area contributed by atoms with Crippen molar-refractivity contribution in [1.82, 2.24) is 0 Å². The number of nitrogens with zero attached hydrogens (tertiary/aromatic N) is 1. The first-order chi connectivity index (χ1) is 8.74. The summed E-state index contributed by atoms with van der Waals surface area (Å²) < 4.78 is 0. The molecule has 98 valence electrons. The molecule has 18 heavy (non-hydrogen) atoms. The van der Waals surface area contributed by atoms with Crippen LogP contribution >= 0.6 is 0 Å². The number of carbonyl (C=O) groups is 2. The highest BCUT2D eigenvalue weighted by Gasteiger charge is 2.53. The molecule has 5 atom stereocenters. The predicted octanol–water partition coefficient (Wildman–Crippen LogP) is 2.76. The summed E-state index contributed by atoms with van der Waals surface area (Å²) in [5, 5.41) is 3.63. The predicted molar refractivity (Wildman–Crippen MR) is 65.2 cm³/mol. The molecule has 0 amide bonds. The molecule has 3 rings (SSSR count). The Morgan fingerprint density at radius 2 is 1.44 bits per heavy atom. The second-order valence-corrected chi connectivity index (χ2v) is 6.06. The molecule has 0 aromatic heterocycles. The van der Waals surface area contributed by atoms with Gasteiger partial charge in [-0.15, -0.1) is 0 Å². The van der Waals surface area contributed by atoms with Gasteiger partial charge in [0.25, 0.3) is 0 Å². The number of rotatable bonds is 1. The fourth-order valence-electron chi connectivity index (χ4n) is 4.36. The van der Waals surface area contributed by atoms with Crippen LogP contribution in [0.15, 0.2) is 5.11 Å². The van der Waals surface area contributed by atoms with Gasteiger partial charge in [0.15, 0.2) is 0 Å². The summed E-state index contributed by atoms with van der Waals surface area (Å²) in [6, 6.07) is -0.219. The zero-order chi connectivity index (χ0) is 12.7. The van der Waals surface area contributed by atoms with Crippen molar-refractivity contribution in [3.8, 4) is 0 Å². The fourth-order valence-corrected chi connectivity index (χ4v) is 4.36. The van der Waals surface area contributed by atoms with E-state index < -0.39 is 0 Å². The van der Waals surface area contributed by atoms with Crippen molar-refractivity contribution in [2.75, 3.05) is 0 Å². The summed E-state index contributed by atoms with van der Waals surface area (Å²) >= 11 is 0. The van der Waals surface area contributed by atoms with Gasteiger partial charge < -0.3 is 0 Å². The Bertz CT molecular complexity index is 393. The van der Waals surface area contributed by atoms with Gasteiger partial charge in [0.1, 0.15) is 11.6 Å². The van der Waals surface area contributed by atoms with Gasteiger partial charge in [0.2, 0.25) is 0 Å². The molecule has 3 aliphatic carbocycles. The number of hydrogen-bond donors (Lipinski definition) is 1. The van der Waals surface area contributed by atoms with Gasteiger partial charge in [-0.05, 0) is 25.7 Å². The molecule has 0 aliphatic heterocycles. The minimum absolute atomic E-state index is 0.00279. The van der Waals surface area contributed by atoms with E-state index in [1.54, 1.807) is 0 Å². The van der Waals surface area contributed by atoms with Crippen LogP contribution in [0.3, 0.4) is 0 Å². The largest absolute Gasteiger partial charge is 0.299 e. The maximum absolute atomic E-state index is 12.6. The monoisotopic (exact) mass is 248 g/mol. The lowest BCUT2D eigenvalue weighted by Gasteiger charge is -2.45. The van der Waals surface area contributed by atoms with Crippen LogP contribution in [0.2, 0.25) is 0 Å². The lowest BCUT2D eigenvalue weighted by atomic mass is 9.57. The Labute approximate surface area is 107 Å². The van der Waals surface area contributed by atoms with Crippen molar-refractivity contribution >= 4 is 11.6 Å². The molecule has 1 N–H and O–H groups in total. The Kier molecular flexibility index (Phi) is 3.04. The summed E-state index contributed by atoms with van der Waals surface area (Å²) in [6.45, 7) is 0. The lowest BCUT2D eigenvalue weighted by Crippen LogP contribution is -2.53. The molecule has 3 aliphatic rings. The quantitative estimate of drug-likeness (QED) is 0.725. The van der Waals surface area contributed by atoms with Crippen LogP contribution in [0.5, 0.6) is 0 Å². The molecule has 0 bridgehead atoms. The number of nitrogens with one attached hydrogen (secondary N) is 1. The van der Waals surface area contributed by atoms with Crippen LogP contribution in [-0.4, -0.2) is 17.6 Å². The molecule has 0 spiro atoms. The summed E-state index contributed by atoms with van der Waals surface area (Å²) in [7, 11) is 0. The number of Topliss-reactive ketones (excluding diaryl/α,β-unsaturated/α-hetero) is 2. The summed E-state index contributed by atoms with van der Waals surface area (Å²) in [5.41, 5.74) is 7.27. The van der Waals surface area contributed by atoms with E-state index in [1.165, 1.54) is 0 Å². The van der Waals surface area contributed by atoms with Crippen molar-refractivity contribution in [3.63, 3.8) is 0 Å². The maximum atomic E-state index is 12.6. The van der Waals surface area contributed by atoms with Gasteiger partial charge in [-0.1, -0.05) is 19.3 Å². The van der Waals surface area contributed by atoms with Crippen molar-refractivity contribution in [2.24, 2.45) is 28.8 Å². The summed E-state index contributed by atoms with van der Waals surface area (Å²) in [5.74, 6) is 0.141. The van der Waals surface area contributed by atoms with Crippen molar-refractivity contribution < 1.29 is 9.59 Å². The molecule has 3 fully saturated rings.